The van der Waals surface area contributed by atoms with E-state index in [1.54, 1.807) is 28.9 Å². The summed E-state index contributed by atoms with van der Waals surface area (Å²) in [5.74, 6) is -0.501. The summed E-state index contributed by atoms with van der Waals surface area (Å²) < 4.78 is 27.3. The van der Waals surface area contributed by atoms with Crippen molar-refractivity contribution in [2.24, 2.45) is 0 Å². The number of carbonyl (C=O) groups excluding carboxylic acids is 1. The highest BCUT2D eigenvalue weighted by atomic mass is 35.5. The molecule has 2 aromatic rings. The van der Waals surface area contributed by atoms with Gasteiger partial charge < -0.3 is 9.72 Å². The summed E-state index contributed by atoms with van der Waals surface area (Å²) in [6, 6.07) is 3.39. The molecule has 1 fully saturated rings. The Kier molecular flexibility index (Phi) is 4.56. The number of carbonyl (C=O) groups is 1. The minimum atomic E-state index is -3.29. The molecule has 0 unspecified atom stereocenters. The van der Waals surface area contributed by atoms with Crippen LogP contribution < -0.4 is 5.32 Å². The minimum absolute atomic E-state index is 0.0618. The van der Waals surface area contributed by atoms with Gasteiger partial charge in [0.15, 0.2) is 0 Å². The Balaban J connectivity index is 1.60. The molecule has 7 nitrogen and oxygen atoms in total. The van der Waals surface area contributed by atoms with E-state index in [0.717, 1.165) is 12.8 Å². The maximum absolute atomic E-state index is 12.1. The fourth-order valence-electron chi connectivity index (χ4n) is 2.55. The van der Waals surface area contributed by atoms with Gasteiger partial charge in [-0.15, -0.1) is 0 Å². The predicted octanol–water partition coefficient (Wildman–Crippen LogP) is 1.14. The molecule has 9 heteroatoms. The summed E-state index contributed by atoms with van der Waals surface area (Å²) in [6.45, 7) is 1.21. The molecular formula is C14H17ClN4O3S. The molecule has 3 rings (SSSR count). The van der Waals surface area contributed by atoms with Crippen molar-refractivity contribution in [1.82, 2.24) is 19.0 Å². The molecule has 0 bridgehead atoms. The van der Waals surface area contributed by atoms with E-state index in [1.165, 1.54) is 4.31 Å². The molecule has 1 amide bonds. The van der Waals surface area contributed by atoms with E-state index in [9.17, 15) is 13.2 Å². The summed E-state index contributed by atoms with van der Waals surface area (Å²) in [6.07, 6.45) is 5.01. The van der Waals surface area contributed by atoms with Gasteiger partial charge in [-0.25, -0.2) is 17.7 Å². The number of halogens is 1. The first-order chi connectivity index (χ1) is 11.0. The Hall–Kier alpha value is -1.64. The minimum Gasteiger partial charge on any atom is -0.350 e. The average Bonchev–Trinajstić information content (AvgIpc) is 3.16. The van der Waals surface area contributed by atoms with Crippen LogP contribution in [0.4, 0.5) is 0 Å². The summed E-state index contributed by atoms with van der Waals surface area (Å²) in [5, 5.41) is 3.14. The lowest BCUT2D eigenvalue weighted by molar-refractivity contribution is 0.0951. The largest absolute Gasteiger partial charge is 0.350 e. The van der Waals surface area contributed by atoms with Crippen molar-refractivity contribution in [3.8, 4) is 0 Å². The van der Waals surface area contributed by atoms with Gasteiger partial charge in [0.1, 0.15) is 11.3 Å². The molecule has 0 aromatic carbocycles. The number of imidazole rings is 1. The van der Waals surface area contributed by atoms with E-state index in [0.29, 0.717) is 23.8 Å². The standard InChI is InChI=1S/C14H17ClN4O3S/c15-11-3-4-13-17-12(10-18(13)9-11)14(20)16-5-8-23(21,22)19-6-1-2-7-19/h3-4,9-10H,1-2,5-8H2,(H,16,20). The fourth-order valence-corrected chi connectivity index (χ4v) is 4.15. The Morgan fingerprint density at radius 2 is 2.00 bits per heavy atom. The molecule has 2 aromatic heterocycles. The van der Waals surface area contributed by atoms with Crippen molar-refractivity contribution in [2.45, 2.75) is 12.8 Å². The van der Waals surface area contributed by atoms with E-state index >= 15 is 0 Å². The second-order valence-electron chi connectivity index (χ2n) is 5.42. The molecule has 1 saturated heterocycles. The van der Waals surface area contributed by atoms with E-state index in [4.69, 9.17) is 11.6 Å². The van der Waals surface area contributed by atoms with Crippen LogP contribution in [0, 0.1) is 0 Å². The van der Waals surface area contributed by atoms with Crippen LogP contribution in [0.2, 0.25) is 5.02 Å². The normalized spacial score (nSPS) is 16.0. The smallest absolute Gasteiger partial charge is 0.271 e. The summed E-state index contributed by atoms with van der Waals surface area (Å²) in [7, 11) is -3.29. The molecule has 124 valence electrons. The van der Waals surface area contributed by atoms with Gasteiger partial charge in [0.2, 0.25) is 10.0 Å². The predicted molar refractivity (Wildman–Crippen MR) is 87.1 cm³/mol. The van der Waals surface area contributed by atoms with Crippen LogP contribution in [0.15, 0.2) is 24.5 Å². The molecule has 0 spiro atoms. The Labute approximate surface area is 139 Å². The van der Waals surface area contributed by atoms with Crippen LogP contribution in [0.1, 0.15) is 23.3 Å². The highest BCUT2D eigenvalue weighted by Gasteiger charge is 2.25. The quantitative estimate of drug-likeness (QED) is 0.870. The van der Waals surface area contributed by atoms with E-state index in [1.807, 2.05) is 0 Å². The highest BCUT2D eigenvalue weighted by Crippen LogP contribution is 2.13. The van der Waals surface area contributed by atoms with Gasteiger partial charge in [-0.3, -0.25) is 4.79 Å². The summed E-state index contributed by atoms with van der Waals surface area (Å²) in [5.41, 5.74) is 0.829. The van der Waals surface area contributed by atoms with E-state index in [2.05, 4.69) is 10.3 Å². The van der Waals surface area contributed by atoms with Crippen molar-refractivity contribution in [3.63, 3.8) is 0 Å². The maximum Gasteiger partial charge on any atom is 0.271 e. The zero-order valence-corrected chi connectivity index (χ0v) is 14.0. The number of nitrogens with one attached hydrogen (secondary N) is 1. The van der Waals surface area contributed by atoms with Crippen molar-refractivity contribution < 1.29 is 13.2 Å². The van der Waals surface area contributed by atoms with Crippen molar-refractivity contribution >= 4 is 33.2 Å². The van der Waals surface area contributed by atoms with E-state index < -0.39 is 15.9 Å². The van der Waals surface area contributed by atoms with Crippen LogP contribution in [0.25, 0.3) is 5.65 Å². The lowest BCUT2D eigenvalue weighted by Gasteiger charge is -2.15. The van der Waals surface area contributed by atoms with E-state index in [-0.39, 0.29) is 18.0 Å². The van der Waals surface area contributed by atoms with Crippen LogP contribution in [-0.4, -0.2) is 53.4 Å². The van der Waals surface area contributed by atoms with Gasteiger partial charge in [0.25, 0.3) is 5.91 Å². The molecular weight excluding hydrogens is 340 g/mol. The summed E-state index contributed by atoms with van der Waals surface area (Å²) >= 11 is 5.88. The number of fused-ring (bicyclic) bond motifs is 1. The zero-order chi connectivity index (χ0) is 16.4. The first-order valence-electron chi connectivity index (χ1n) is 7.36. The third kappa shape index (κ3) is 3.65. The van der Waals surface area contributed by atoms with Gasteiger partial charge in [0, 0.05) is 32.0 Å². The van der Waals surface area contributed by atoms with Crippen LogP contribution in [-0.2, 0) is 10.0 Å². The van der Waals surface area contributed by atoms with Gasteiger partial charge in [0.05, 0.1) is 10.8 Å². The number of rotatable bonds is 5. The molecule has 23 heavy (non-hydrogen) atoms. The summed E-state index contributed by atoms with van der Waals surface area (Å²) in [4.78, 5) is 16.3. The SMILES string of the molecule is O=C(NCCS(=O)(=O)N1CCCC1)c1cn2cc(Cl)ccc2n1. The first kappa shape index (κ1) is 16.2. The number of hydrogen-bond donors (Lipinski definition) is 1. The van der Waals surface area contributed by atoms with Crippen LogP contribution in [0.3, 0.4) is 0 Å². The third-order valence-corrected chi connectivity index (χ3v) is 5.85. The van der Waals surface area contributed by atoms with Gasteiger partial charge in [-0.05, 0) is 25.0 Å². The number of aromatic nitrogens is 2. The third-order valence-electron chi connectivity index (χ3n) is 3.75. The highest BCUT2D eigenvalue weighted by molar-refractivity contribution is 7.89. The maximum atomic E-state index is 12.1. The molecule has 0 aliphatic carbocycles. The zero-order valence-electron chi connectivity index (χ0n) is 12.4. The molecule has 1 aliphatic heterocycles. The Morgan fingerprint density at radius 3 is 2.74 bits per heavy atom. The van der Waals surface area contributed by atoms with Gasteiger partial charge >= 0.3 is 0 Å². The number of nitrogens with zero attached hydrogens (tertiary/aromatic N) is 3. The van der Waals surface area contributed by atoms with Crippen LogP contribution >= 0.6 is 11.6 Å². The average molecular weight is 357 g/mol. The second kappa shape index (κ2) is 6.46. The van der Waals surface area contributed by atoms with Crippen molar-refractivity contribution in [3.05, 3.63) is 35.2 Å². The molecule has 3 heterocycles. The van der Waals surface area contributed by atoms with Crippen molar-refractivity contribution in [1.29, 1.82) is 0 Å². The monoisotopic (exact) mass is 356 g/mol. The number of pyridine rings is 1. The van der Waals surface area contributed by atoms with Gasteiger partial charge in [-0.1, -0.05) is 11.6 Å². The molecule has 1 N–H and O–H groups in total. The molecule has 0 atom stereocenters. The Morgan fingerprint density at radius 1 is 1.26 bits per heavy atom. The second-order valence-corrected chi connectivity index (χ2v) is 7.94. The van der Waals surface area contributed by atoms with Gasteiger partial charge in [-0.2, -0.15) is 0 Å². The number of amides is 1. The topological polar surface area (TPSA) is 83.8 Å². The Bertz CT molecular complexity index is 828. The fraction of sp³-hybridized carbons (Fsp3) is 0.429. The first-order valence-corrected chi connectivity index (χ1v) is 9.35. The lowest BCUT2D eigenvalue weighted by Crippen LogP contribution is -2.36. The number of hydrogen-bond acceptors (Lipinski definition) is 4. The molecule has 0 radical (unpaired) electrons. The molecule has 1 aliphatic rings. The van der Waals surface area contributed by atoms with Crippen LogP contribution in [0.5, 0.6) is 0 Å². The lowest BCUT2D eigenvalue weighted by atomic mass is 10.4. The van der Waals surface area contributed by atoms with Crippen molar-refractivity contribution in [2.75, 3.05) is 25.4 Å². The number of sulfonamides is 1. The molecule has 0 saturated carbocycles.